The van der Waals surface area contributed by atoms with Crippen molar-refractivity contribution in [2.75, 3.05) is 13.1 Å². The molecule has 1 heterocycles. The smallest absolute Gasteiger partial charge is 0.228 e. The molecule has 20 heavy (non-hydrogen) atoms. The second-order valence-corrected chi connectivity index (χ2v) is 7.25. The monoisotopic (exact) mass is 313 g/mol. The summed E-state index contributed by atoms with van der Waals surface area (Å²) in [6, 6.07) is 7.35. The first-order valence-electron chi connectivity index (χ1n) is 6.93. The van der Waals surface area contributed by atoms with E-state index >= 15 is 0 Å². The van der Waals surface area contributed by atoms with Gasteiger partial charge in [-0.1, -0.05) is 12.1 Å². The van der Waals surface area contributed by atoms with Crippen LogP contribution in [0.15, 0.2) is 24.3 Å². The Morgan fingerprint density at radius 2 is 1.75 bits per heavy atom. The normalized spacial score (nSPS) is 25.5. The number of carbonyl (C=O) groups is 1. The van der Waals surface area contributed by atoms with Gasteiger partial charge in [0, 0.05) is 13.1 Å². The van der Waals surface area contributed by atoms with Crippen LogP contribution in [-0.2, 0) is 4.79 Å². The Balaban J connectivity index is 1.57. The van der Waals surface area contributed by atoms with Gasteiger partial charge in [0.25, 0.3) is 0 Å². The zero-order valence-corrected chi connectivity index (χ0v) is 12.6. The molecule has 2 fully saturated rings. The predicted octanol–water partition coefficient (Wildman–Crippen LogP) is 3.29. The molecule has 0 radical (unpaired) electrons. The molecule has 1 saturated carbocycles. The molecule has 5 heteroatoms. The third-order valence-corrected chi connectivity index (χ3v) is 5.13. The summed E-state index contributed by atoms with van der Waals surface area (Å²) in [7, 11) is 0. The highest BCUT2D eigenvalue weighted by molar-refractivity contribution is 6.52. The Kier molecular flexibility index (Phi) is 3.59. The van der Waals surface area contributed by atoms with Gasteiger partial charge in [-0.2, -0.15) is 0 Å². The van der Waals surface area contributed by atoms with Crippen LogP contribution in [0.3, 0.4) is 0 Å². The number of benzene rings is 1. The Morgan fingerprint density at radius 1 is 1.20 bits per heavy atom. The van der Waals surface area contributed by atoms with Crippen molar-refractivity contribution in [1.82, 2.24) is 4.90 Å². The molecule has 0 bridgehead atoms. The molecular formula is C15H17Cl2NO2. The third-order valence-electron chi connectivity index (χ3n) is 4.30. The van der Waals surface area contributed by atoms with E-state index in [1.807, 2.05) is 17.0 Å². The van der Waals surface area contributed by atoms with Crippen LogP contribution < -0.4 is 0 Å². The average molecular weight is 314 g/mol. The summed E-state index contributed by atoms with van der Waals surface area (Å²) in [6.07, 6.45) is 2.47. The van der Waals surface area contributed by atoms with Gasteiger partial charge in [-0.05, 0) is 42.9 Å². The van der Waals surface area contributed by atoms with Crippen LogP contribution in [0.1, 0.15) is 30.7 Å². The molecule has 1 aliphatic carbocycles. The maximum Gasteiger partial charge on any atom is 0.228 e. The summed E-state index contributed by atoms with van der Waals surface area (Å²) in [5, 5.41) is 9.31. The van der Waals surface area contributed by atoms with Crippen LogP contribution in [0.5, 0.6) is 5.75 Å². The average Bonchev–Trinajstić information content (AvgIpc) is 3.08. The minimum Gasteiger partial charge on any atom is -0.508 e. The lowest BCUT2D eigenvalue weighted by Gasteiger charge is -2.32. The van der Waals surface area contributed by atoms with Crippen LogP contribution in [0, 0.1) is 5.92 Å². The fraction of sp³-hybridized carbons (Fsp3) is 0.533. The Bertz CT molecular complexity index is 507. The van der Waals surface area contributed by atoms with Crippen molar-refractivity contribution >= 4 is 29.1 Å². The highest BCUT2D eigenvalue weighted by Gasteiger charge is 2.57. The first kappa shape index (κ1) is 14.0. The Hall–Kier alpha value is -0.930. The van der Waals surface area contributed by atoms with Gasteiger partial charge in [0.15, 0.2) is 0 Å². The molecule has 0 aromatic heterocycles. The maximum atomic E-state index is 12.2. The van der Waals surface area contributed by atoms with Crippen molar-refractivity contribution in [3.05, 3.63) is 29.8 Å². The lowest BCUT2D eigenvalue weighted by atomic mass is 9.89. The van der Waals surface area contributed by atoms with Crippen molar-refractivity contribution in [1.29, 1.82) is 0 Å². The minimum atomic E-state index is -0.828. The number of likely N-dealkylation sites (tertiary alicyclic amines) is 1. The van der Waals surface area contributed by atoms with E-state index in [0.717, 1.165) is 25.9 Å². The largest absolute Gasteiger partial charge is 0.508 e. The quantitative estimate of drug-likeness (QED) is 0.851. The number of carbonyl (C=O) groups excluding carboxylic acids is 1. The highest BCUT2D eigenvalue weighted by Crippen LogP contribution is 2.54. The van der Waals surface area contributed by atoms with Crippen LogP contribution in [0.2, 0.25) is 0 Å². The number of aromatic hydroxyl groups is 1. The molecular weight excluding hydrogens is 297 g/mol. The summed E-state index contributed by atoms with van der Waals surface area (Å²) < 4.78 is -0.828. The third kappa shape index (κ3) is 2.75. The maximum absolute atomic E-state index is 12.2. The number of hydrogen-bond donors (Lipinski definition) is 1. The molecule has 1 amide bonds. The molecule has 1 atom stereocenters. The zero-order valence-electron chi connectivity index (χ0n) is 11.1. The number of rotatable bonds is 2. The first-order chi connectivity index (χ1) is 9.47. The molecule has 2 aliphatic rings. The van der Waals surface area contributed by atoms with Gasteiger partial charge in [-0.15, -0.1) is 23.2 Å². The number of halogens is 2. The molecule has 1 unspecified atom stereocenters. The fourth-order valence-corrected chi connectivity index (χ4v) is 3.38. The minimum absolute atomic E-state index is 0.0964. The topological polar surface area (TPSA) is 40.5 Å². The molecule has 1 N–H and O–H groups in total. The van der Waals surface area contributed by atoms with Gasteiger partial charge in [-0.25, -0.2) is 0 Å². The lowest BCUT2D eigenvalue weighted by molar-refractivity contribution is -0.133. The van der Waals surface area contributed by atoms with Gasteiger partial charge in [0.2, 0.25) is 5.91 Å². The van der Waals surface area contributed by atoms with E-state index in [-0.39, 0.29) is 17.6 Å². The number of amides is 1. The molecule has 1 aromatic carbocycles. The zero-order chi connectivity index (χ0) is 14.3. The molecule has 1 aliphatic heterocycles. The molecule has 1 saturated heterocycles. The van der Waals surface area contributed by atoms with Gasteiger partial charge in [0.1, 0.15) is 10.1 Å². The van der Waals surface area contributed by atoms with E-state index in [1.165, 1.54) is 5.56 Å². The molecule has 3 nitrogen and oxygen atoms in total. The van der Waals surface area contributed by atoms with Crippen molar-refractivity contribution < 1.29 is 9.90 Å². The van der Waals surface area contributed by atoms with E-state index < -0.39 is 4.33 Å². The van der Waals surface area contributed by atoms with Gasteiger partial charge in [-0.3, -0.25) is 4.79 Å². The van der Waals surface area contributed by atoms with Gasteiger partial charge < -0.3 is 10.0 Å². The number of phenolic OH excluding ortho intramolecular Hbond substituents is 1. The summed E-state index contributed by atoms with van der Waals surface area (Å²) in [6.45, 7) is 1.51. The molecule has 108 valence electrons. The number of hydrogen-bond acceptors (Lipinski definition) is 2. The summed E-state index contributed by atoms with van der Waals surface area (Å²) >= 11 is 11.9. The van der Waals surface area contributed by atoms with Gasteiger partial charge in [0.05, 0.1) is 5.92 Å². The SMILES string of the molecule is O=C(C1CC1(Cl)Cl)N1CCC(c2ccc(O)cc2)CC1. The summed E-state index contributed by atoms with van der Waals surface area (Å²) in [4.78, 5) is 14.1. The number of piperidine rings is 1. The number of nitrogens with zero attached hydrogens (tertiary/aromatic N) is 1. The molecule has 1 aromatic rings. The van der Waals surface area contributed by atoms with Crippen molar-refractivity contribution in [3.8, 4) is 5.75 Å². The van der Waals surface area contributed by atoms with E-state index in [4.69, 9.17) is 23.2 Å². The van der Waals surface area contributed by atoms with Crippen molar-refractivity contribution in [3.63, 3.8) is 0 Å². The standard InChI is InChI=1S/C15H17Cl2NO2/c16-15(17)9-13(15)14(20)18-7-5-11(6-8-18)10-1-3-12(19)4-2-10/h1-4,11,13,19H,5-9H2. The Labute approximate surface area is 128 Å². The van der Waals surface area contributed by atoms with E-state index in [2.05, 4.69) is 0 Å². The van der Waals surface area contributed by atoms with E-state index in [1.54, 1.807) is 12.1 Å². The summed E-state index contributed by atoms with van der Waals surface area (Å²) in [5.74, 6) is 0.626. The predicted molar refractivity (Wildman–Crippen MR) is 79.2 cm³/mol. The highest BCUT2D eigenvalue weighted by atomic mass is 35.5. The number of phenols is 1. The second kappa shape index (κ2) is 5.12. The Morgan fingerprint density at radius 3 is 2.25 bits per heavy atom. The van der Waals surface area contributed by atoms with Crippen LogP contribution >= 0.6 is 23.2 Å². The van der Waals surface area contributed by atoms with Crippen LogP contribution in [0.4, 0.5) is 0 Å². The molecule has 3 rings (SSSR count). The lowest BCUT2D eigenvalue weighted by Crippen LogP contribution is -2.39. The van der Waals surface area contributed by atoms with Crippen molar-refractivity contribution in [2.45, 2.75) is 29.5 Å². The van der Waals surface area contributed by atoms with Crippen LogP contribution in [0.25, 0.3) is 0 Å². The van der Waals surface area contributed by atoms with E-state index in [0.29, 0.717) is 12.3 Å². The molecule has 0 spiro atoms. The fourth-order valence-electron chi connectivity index (χ4n) is 2.88. The number of alkyl halides is 2. The van der Waals surface area contributed by atoms with Gasteiger partial charge >= 0.3 is 0 Å². The second-order valence-electron chi connectivity index (χ2n) is 5.71. The first-order valence-corrected chi connectivity index (χ1v) is 7.68. The van der Waals surface area contributed by atoms with Crippen LogP contribution in [-0.4, -0.2) is 33.3 Å². The summed E-state index contributed by atoms with van der Waals surface area (Å²) in [5.41, 5.74) is 1.23. The van der Waals surface area contributed by atoms with E-state index in [9.17, 15) is 9.90 Å². The van der Waals surface area contributed by atoms with Crippen molar-refractivity contribution in [2.24, 2.45) is 5.92 Å².